The van der Waals surface area contributed by atoms with Crippen molar-refractivity contribution in [3.05, 3.63) is 29.3 Å². The Hall–Kier alpha value is -1.88. The van der Waals surface area contributed by atoms with E-state index in [4.69, 9.17) is 4.74 Å². The molecule has 1 aromatic carbocycles. The minimum absolute atomic E-state index is 0.0186. The van der Waals surface area contributed by atoms with Crippen LogP contribution in [0.15, 0.2) is 18.2 Å². The molecule has 5 heteroatoms. The Morgan fingerprint density at radius 3 is 2.48 bits per heavy atom. The fourth-order valence-electron chi connectivity index (χ4n) is 4.06. The van der Waals surface area contributed by atoms with Gasteiger partial charge in [-0.1, -0.05) is 19.1 Å². The van der Waals surface area contributed by atoms with Crippen molar-refractivity contribution in [2.75, 3.05) is 32.1 Å². The van der Waals surface area contributed by atoms with Crippen LogP contribution < -0.4 is 5.32 Å². The third kappa shape index (κ3) is 4.03. The van der Waals surface area contributed by atoms with Gasteiger partial charge in [0.25, 0.3) is 5.91 Å². The molecular formula is C20H31N2O3+. The van der Waals surface area contributed by atoms with Gasteiger partial charge in [0.1, 0.15) is 0 Å². The number of carbonyl (C=O) groups is 2. The average molecular weight is 347 g/mol. The van der Waals surface area contributed by atoms with Crippen LogP contribution in [0.4, 0.5) is 5.69 Å². The average Bonchev–Trinajstić information content (AvgIpc) is 3.10. The molecule has 1 aliphatic rings. The van der Waals surface area contributed by atoms with Crippen molar-refractivity contribution in [3.8, 4) is 0 Å². The molecular weight excluding hydrogens is 316 g/mol. The van der Waals surface area contributed by atoms with E-state index >= 15 is 0 Å². The Bertz CT molecular complexity index is 621. The molecule has 5 nitrogen and oxygen atoms in total. The highest BCUT2D eigenvalue weighted by Gasteiger charge is 2.42. The first-order valence-electron chi connectivity index (χ1n) is 9.33. The van der Waals surface area contributed by atoms with E-state index in [2.05, 4.69) is 19.2 Å². The molecule has 1 N–H and O–H groups in total. The summed E-state index contributed by atoms with van der Waals surface area (Å²) in [5, 5.41) is 3.06. The van der Waals surface area contributed by atoms with E-state index in [0.29, 0.717) is 11.3 Å². The zero-order valence-corrected chi connectivity index (χ0v) is 15.9. The number of benzene rings is 1. The first-order valence-corrected chi connectivity index (χ1v) is 9.33. The van der Waals surface area contributed by atoms with E-state index in [-0.39, 0.29) is 11.9 Å². The predicted molar refractivity (Wildman–Crippen MR) is 99.6 cm³/mol. The van der Waals surface area contributed by atoms with Gasteiger partial charge in [0.2, 0.25) is 0 Å². The zero-order valence-electron chi connectivity index (χ0n) is 15.9. The van der Waals surface area contributed by atoms with Crippen LogP contribution in [-0.2, 0) is 9.53 Å². The van der Waals surface area contributed by atoms with Gasteiger partial charge in [-0.25, -0.2) is 4.79 Å². The summed E-state index contributed by atoms with van der Waals surface area (Å²) in [6.07, 6.45) is 4.19. The number of likely N-dealkylation sites (tertiary alicyclic amines) is 1. The SMILES string of the molecule is CCCC(C(=O)Nc1c(C)cccc1C(=O)OC)[N+]1(CC)CCCC1. The number of anilines is 1. The van der Waals surface area contributed by atoms with Crippen LogP contribution in [0, 0.1) is 6.92 Å². The molecule has 1 saturated heterocycles. The van der Waals surface area contributed by atoms with Crippen molar-refractivity contribution in [2.45, 2.75) is 52.5 Å². The lowest BCUT2D eigenvalue weighted by Crippen LogP contribution is -2.58. The maximum absolute atomic E-state index is 13.2. The second kappa shape index (κ2) is 8.48. The van der Waals surface area contributed by atoms with E-state index in [9.17, 15) is 9.59 Å². The van der Waals surface area contributed by atoms with Gasteiger partial charge in [0.15, 0.2) is 6.04 Å². The number of rotatable bonds is 7. The lowest BCUT2D eigenvalue weighted by Gasteiger charge is -2.40. The molecule has 0 aliphatic carbocycles. The number of ether oxygens (including phenoxy) is 1. The van der Waals surface area contributed by atoms with E-state index in [0.717, 1.165) is 42.5 Å². The largest absolute Gasteiger partial charge is 0.465 e. The van der Waals surface area contributed by atoms with Crippen LogP contribution in [0.1, 0.15) is 55.5 Å². The highest BCUT2D eigenvalue weighted by atomic mass is 16.5. The maximum atomic E-state index is 13.2. The van der Waals surface area contributed by atoms with E-state index in [1.54, 1.807) is 12.1 Å². The first kappa shape index (κ1) is 19.4. The molecule has 0 bridgehead atoms. The molecule has 0 spiro atoms. The van der Waals surface area contributed by atoms with Crippen LogP contribution in [0.25, 0.3) is 0 Å². The minimum Gasteiger partial charge on any atom is -0.465 e. The molecule has 1 aromatic rings. The van der Waals surface area contributed by atoms with Gasteiger partial charge < -0.3 is 14.5 Å². The molecule has 1 atom stereocenters. The fraction of sp³-hybridized carbons (Fsp3) is 0.600. The summed E-state index contributed by atoms with van der Waals surface area (Å²) >= 11 is 0. The number of likely N-dealkylation sites (N-methyl/N-ethyl adjacent to an activating group) is 1. The third-order valence-corrected chi connectivity index (χ3v) is 5.54. The predicted octanol–water partition coefficient (Wildman–Crippen LogP) is 3.52. The number of hydrogen-bond acceptors (Lipinski definition) is 3. The van der Waals surface area contributed by atoms with Crippen LogP contribution >= 0.6 is 0 Å². The van der Waals surface area contributed by atoms with Crippen molar-refractivity contribution in [2.24, 2.45) is 0 Å². The Kier molecular flexibility index (Phi) is 6.59. The third-order valence-electron chi connectivity index (χ3n) is 5.54. The van der Waals surface area contributed by atoms with Crippen LogP contribution in [0.5, 0.6) is 0 Å². The zero-order chi connectivity index (χ0) is 18.4. The number of para-hydroxylation sites is 1. The lowest BCUT2D eigenvalue weighted by atomic mass is 10.0. The number of nitrogens with zero attached hydrogens (tertiary/aromatic N) is 1. The standard InChI is InChI=1S/C20H30N2O3/c1-5-10-17(22(6-2)13-7-8-14-22)19(23)21-18-15(3)11-9-12-16(18)20(24)25-4/h9,11-12,17H,5-8,10,13-14H2,1-4H3/p+1. The Balaban J connectivity index is 2.32. The smallest absolute Gasteiger partial charge is 0.339 e. The number of quaternary nitrogens is 1. The van der Waals surface area contributed by atoms with Gasteiger partial charge in [0.05, 0.1) is 38.0 Å². The second-order valence-electron chi connectivity index (χ2n) is 6.97. The highest BCUT2D eigenvalue weighted by molar-refractivity contribution is 6.03. The van der Waals surface area contributed by atoms with Crippen LogP contribution in [0.3, 0.4) is 0 Å². The summed E-state index contributed by atoms with van der Waals surface area (Å²) in [6.45, 7) is 9.29. The van der Waals surface area contributed by atoms with Gasteiger partial charge in [-0.2, -0.15) is 0 Å². The maximum Gasteiger partial charge on any atom is 0.339 e. The Morgan fingerprint density at radius 2 is 1.92 bits per heavy atom. The highest BCUT2D eigenvalue weighted by Crippen LogP contribution is 2.28. The topological polar surface area (TPSA) is 55.4 Å². The van der Waals surface area contributed by atoms with Gasteiger partial charge in [-0.15, -0.1) is 0 Å². The molecule has 0 radical (unpaired) electrons. The first-order chi connectivity index (χ1) is 12.0. The lowest BCUT2D eigenvalue weighted by molar-refractivity contribution is -0.930. The van der Waals surface area contributed by atoms with Crippen molar-refractivity contribution in [1.82, 2.24) is 0 Å². The van der Waals surface area contributed by atoms with Crippen molar-refractivity contribution in [1.29, 1.82) is 0 Å². The molecule has 138 valence electrons. The molecule has 1 amide bonds. The molecule has 1 unspecified atom stereocenters. The summed E-state index contributed by atoms with van der Waals surface area (Å²) in [4.78, 5) is 25.3. The number of amides is 1. The monoisotopic (exact) mass is 347 g/mol. The van der Waals surface area contributed by atoms with Crippen LogP contribution in [-0.4, -0.2) is 49.1 Å². The van der Waals surface area contributed by atoms with Gasteiger partial charge in [0, 0.05) is 19.3 Å². The van der Waals surface area contributed by atoms with Crippen LogP contribution in [0.2, 0.25) is 0 Å². The normalized spacial score (nSPS) is 17.1. The number of methoxy groups -OCH3 is 1. The van der Waals surface area contributed by atoms with E-state index in [1.807, 2.05) is 13.0 Å². The number of carbonyl (C=O) groups excluding carboxylic acids is 2. The second-order valence-corrected chi connectivity index (χ2v) is 6.97. The summed E-state index contributed by atoms with van der Waals surface area (Å²) < 4.78 is 5.73. The fourth-order valence-corrected chi connectivity index (χ4v) is 4.06. The minimum atomic E-state index is -0.424. The summed E-state index contributed by atoms with van der Waals surface area (Å²) in [6, 6.07) is 5.34. The Morgan fingerprint density at radius 1 is 1.24 bits per heavy atom. The number of aryl methyl sites for hydroxylation is 1. The van der Waals surface area contributed by atoms with Gasteiger partial charge >= 0.3 is 5.97 Å². The van der Waals surface area contributed by atoms with E-state index < -0.39 is 5.97 Å². The quantitative estimate of drug-likeness (QED) is 0.606. The summed E-state index contributed by atoms with van der Waals surface area (Å²) in [7, 11) is 1.36. The molecule has 1 heterocycles. The molecule has 1 fully saturated rings. The Labute approximate surface area is 150 Å². The molecule has 2 rings (SSSR count). The molecule has 1 aliphatic heterocycles. The molecule has 25 heavy (non-hydrogen) atoms. The van der Waals surface area contributed by atoms with Crippen molar-refractivity contribution < 1.29 is 18.8 Å². The van der Waals surface area contributed by atoms with Gasteiger partial charge in [-0.3, -0.25) is 4.79 Å². The molecule has 0 saturated carbocycles. The number of hydrogen-bond donors (Lipinski definition) is 1. The molecule has 0 aromatic heterocycles. The van der Waals surface area contributed by atoms with E-state index in [1.165, 1.54) is 20.0 Å². The summed E-state index contributed by atoms with van der Waals surface area (Å²) in [5.74, 6) is -0.406. The van der Waals surface area contributed by atoms with Gasteiger partial charge in [-0.05, 0) is 31.9 Å². The van der Waals surface area contributed by atoms with Crippen molar-refractivity contribution in [3.63, 3.8) is 0 Å². The van der Waals surface area contributed by atoms with Crippen molar-refractivity contribution >= 4 is 17.6 Å². The number of esters is 1. The summed E-state index contributed by atoms with van der Waals surface area (Å²) in [5.41, 5.74) is 1.86. The number of nitrogens with one attached hydrogen (secondary N) is 1.